The normalized spacial score (nSPS) is 11.6. The third kappa shape index (κ3) is 5.26. The predicted octanol–water partition coefficient (Wildman–Crippen LogP) is 4.49. The molecule has 2 N–H and O–H groups in total. The van der Waals surface area contributed by atoms with Gasteiger partial charge >= 0.3 is 6.18 Å². The number of amides is 1. The summed E-state index contributed by atoms with van der Waals surface area (Å²) in [6.45, 7) is 0.147. The Labute approximate surface area is 152 Å². The molecule has 4 nitrogen and oxygen atoms in total. The number of hydrogen-bond acceptors (Lipinski definition) is 3. The number of nitrogens with zero attached hydrogens (tertiary/aromatic N) is 1. The van der Waals surface area contributed by atoms with Crippen LogP contribution in [0.15, 0.2) is 60.3 Å². The van der Waals surface area contributed by atoms with Crippen LogP contribution in [0.3, 0.4) is 0 Å². The van der Waals surface area contributed by atoms with Gasteiger partial charge in [0.1, 0.15) is 11.6 Å². The Bertz CT molecular complexity index is 855. The molecule has 0 radical (unpaired) electrons. The Hall–Kier alpha value is -2.98. The third-order valence-corrected chi connectivity index (χ3v) is 3.59. The van der Waals surface area contributed by atoms with Crippen LogP contribution in [0.25, 0.3) is 0 Å². The highest BCUT2D eigenvalue weighted by Crippen LogP contribution is 2.34. The Balaban J connectivity index is 2.07. The lowest BCUT2D eigenvalue weighted by molar-refractivity contribution is -0.136. The quantitative estimate of drug-likeness (QED) is 0.594. The van der Waals surface area contributed by atoms with E-state index in [9.17, 15) is 18.0 Å². The fourth-order valence-electron chi connectivity index (χ4n) is 2.03. The van der Waals surface area contributed by atoms with E-state index in [1.54, 1.807) is 30.3 Å². The fourth-order valence-corrected chi connectivity index (χ4v) is 2.16. The van der Waals surface area contributed by atoms with Crippen molar-refractivity contribution >= 4 is 23.2 Å². The number of benzene rings is 2. The predicted molar refractivity (Wildman–Crippen MR) is 92.1 cm³/mol. The maximum Gasteiger partial charge on any atom is 0.418 e. The van der Waals surface area contributed by atoms with Gasteiger partial charge in [-0.25, -0.2) is 0 Å². The monoisotopic (exact) mass is 379 g/mol. The van der Waals surface area contributed by atoms with Gasteiger partial charge in [0.2, 0.25) is 0 Å². The van der Waals surface area contributed by atoms with Crippen molar-refractivity contribution in [1.29, 1.82) is 5.26 Å². The summed E-state index contributed by atoms with van der Waals surface area (Å²) in [5, 5.41) is 14.5. The van der Waals surface area contributed by atoms with E-state index in [4.69, 9.17) is 16.9 Å². The van der Waals surface area contributed by atoms with Gasteiger partial charge in [-0.15, -0.1) is 0 Å². The molecule has 2 aromatic rings. The van der Waals surface area contributed by atoms with E-state index in [2.05, 4.69) is 10.6 Å². The molecular weight excluding hydrogens is 367 g/mol. The van der Waals surface area contributed by atoms with Crippen molar-refractivity contribution in [2.24, 2.45) is 0 Å². The molecule has 1 amide bonds. The molecule has 0 fully saturated rings. The number of alkyl halides is 3. The van der Waals surface area contributed by atoms with Crippen molar-refractivity contribution in [3.8, 4) is 6.07 Å². The first-order valence-corrected chi connectivity index (χ1v) is 7.74. The van der Waals surface area contributed by atoms with Crippen molar-refractivity contribution in [1.82, 2.24) is 5.32 Å². The van der Waals surface area contributed by atoms with Gasteiger partial charge in [0.15, 0.2) is 0 Å². The van der Waals surface area contributed by atoms with Crippen molar-refractivity contribution in [2.45, 2.75) is 12.7 Å². The number of halogens is 4. The molecule has 0 aliphatic rings. The van der Waals surface area contributed by atoms with E-state index in [0.29, 0.717) is 5.02 Å². The van der Waals surface area contributed by atoms with Crippen molar-refractivity contribution < 1.29 is 18.0 Å². The molecule has 8 heteroatoms. The average molecular weight is 380 g/mol. The van der Waals surface area contributed by atoms with Gasteiger partial charge < -0.3 is 10.6 Å². The SMILES string of the molecule is N#C/C(=C/Nc1ccccc1C(F)(F)F)C(=O)NCc1ccc(Cl)cc1. The minimum Gasteiger partial charge on any atom is -0.360 e. The second-order valence-corrected chi connectivity index (χ2v) is 5.60. The molecule has 0 unspecified atom stereocenters. The van der Waals surface area contributed by atoms with Gasteiger partial charge in [0.25, 0.3) is 5.91 Å². The van der Waals surface area contributed by atoms with Crippen LogP contribution in [0.2, 0.25) is 5.02 Å². The van der Waals surface area contributed by atoms with Crippen molar-refractivity contribution in [2.75, 3.05) is 5.32 Å². The average Bonchev–Trinajstić information content (AvgIpc) is 2.61. The zero-order chi connectivity index (χ0) is 19.2. The minimum atomic E-state index is -4.55. The lowest BCUT2D eigenvalue weighted by Crippen LogP contribution is -2.24. The molecular formula is C18H13ClF3N3O. The summed E-state index contributed by atoms with van der Waals surface area (Å²) in [4.78, 5) is 12.0. The standard InChI is InChI=1S/C18H13ClF3N3O/c19-14-7-5-12(6-8-14)10-25-17(26)13(9-23)11-24-16-4-2-1-3-15(16)18(20,21)22/h1-8,11,24H,10H2,(H,25,26)/b13-11-. The highest BCUT2D eigenvalue weighted by Gasteiger charge is 2.33. The Morgan fingerprint density at radius 2 is 1.81 bits per heavy atom. The summed E-state index contributed by atoms with van der Waals surface area (Å²) < 4.78 is 38.8. The van der Waals surface area contributed by atoms with Gasteiger partial charge in [0.05, 0.1) is 11.3 Å². The van der Waals surface area contributed by atoms with Gasteiger partial charge in [-0.2, -0.15) is 18.4 Å². The lowest BCUT2D eigenvalue weighted by atomic mass is 10.1. The topological polar surface area (TPSA) is 64.9 Å². The molecule has 0 heterocycles. The molecule has 2 rings (SSSR count). The van der Waals surface area contributed by atoms with Gasteiger partial charge in [-0.05, 0) is 29.8 Å². The summed E-state index contributed by atoms with van der Waals surface area (Å²) in [5.41, 5.74) is -0.736. The van der Waals surface area contributed by atoms with E-state index < -0.39 is 17.6 Å². The van der Waals surface area contributed by atoms with Crippen molar-refractivity contribution in [3.05, 3.63) is 76.5 Å². The van der Waals surface area contributed by atoms with Crippen LogP contribution in [-0.4, -0.2) is 5.91 Å². The number of nitriles is 1. The molecule has 134 valence electrons. The second-order valence-electron chi connectivity index (χ2n) is 5.17. The lowest BCUT2D eigenvalue weighted by Gasteiger charge is -2.12. The molecule has 0 spiro atoms. The second kappa shape index (κ2) is 8.41. The van der Waals surface area contributed by atoms with E-state index in [0.717, 1.165) is 17.8 Å². The molecule has 0 saturated carbocycles. The summed E-state index contributed by atoms with van der Waals surface area (Å²) in [6, 6.07) is 13.2. The number of rotatable bonds is 5. The van der Waals surface area contributed by atoms with Crippen LogP contribution in [0.1, 0.15) is 11.1 Å². The minimum absolute atomic E-state index is 0.147. The van der Waals surface area contributed by atoms with Crippen LogP contribution >= 0.6 is 11.6 Å². The number of carbonyl (C=O) groups excluding carboxylic acids is 1. The van der Waals surface area contributed by atoms with Crippen LogP contribution in [0.4, 0.5) is 18.9 Å². The van der Waals surface area contributed by atoms with Crippen LogP contribution < -0.4 is 10.6 Å². The maximum atomic E-state index is 12.9. The fraction of sp³-hybridized carbons (Fsp3) is 0.111. The summed E-state index contributed by atoms with van der Waals surface area (Å²) in [6.07, 6.45) is -3.61. The first-order valence-electron chi connectivity index (χ1n) is 7.37. The third-order valence-electron chi connectivity index (χ3n) is 3.34. The molecule has 0 aromatic heterocycles. The first-order chi connectivity index (χ1) is 12.3. The van der Waals surface area contributed by atoms with Crippen molar-refractivity contribution in [3.63, 3.8) is 0 Å². The Morgan fingerprint density at radius 3 is 2.42 bits per heavy atom. The first kappa shape index (κ1) is 19.3. The maximum absolute atomic E-state index is 12.9. The number of anilines is 1. The zero-order valence-corrected chi connectivity index (χ0v) is 14.0. The van der Waals surface area contributed by atoms with Gasteiger partial charge in [-0.1, -0.05) is 35.9 Å². The highest BCUT2D eigenvalue weighted by atomic mass is 35.5. The van der Waals surface area contributed by atoms with E-state index in [1.807, 2.05) is 0 Å². The number of hydrogen-bond donors (Lipinski definition) is 2. The molecule has 26 heavy (non-hydrogen) atoms. The zero-order valence-electron chi connectivity index (χ0n) is 13.3. The molecule has 0 aliphatic heterocycles. The van der Waals surface area contributed by atoms with E-state index >= 15 is 0 Å². The van der Waals surface area contributed by atoms with E-state index in [1.165, 1.54) is 18.2 Å². The number of carbonyl (C=O) groups is 1. The molecule has 0 bridgehead atoms. The molecule has 0 atom stereocenters. The Morgan fingerprint density at radius 1 is 1.15 bits per heavy atom. The molecule has 2 aromatic carbocycles. The number of nitrogens with one attached hydrogen (secondary N) is 2. The summed E-state index contributed by atoms with van der Waals surface area (Å²) in [5.74, 6) is -0.709. The smallest absolute Gasteiger partial charge is 0.360 e. The summed E-state index contributed by atoms with van der Waals surface area (Å²) in [7, 11) is 0. The van der Waals surface area contributed by atoms with Crippen LogP contribution in [0.5, 0.6) is 0 Å². The number of para-hydroxylation sites is 1. The van der Waals surface area contributed by atoms with Crippen LogP contribution in [0, 0.1) is 11.3 Å². The van der Waals surface area contributed by atoms with E-state index in [-0.39, 0.29) is 17.8 Å². The molecule has 0 aliphatic carbocycles. The van der Waals surface area contributed by atoms with Crippen LogP contribution in [-0.2, 0) is 17.5 Å². The molecule has 0 saturated heterocycles. The Kier molecular flexibility index (Phi) is 6.26. The van der Waals surface area contributed by atoms with Gasteiger partial charge in [-0.3, -0.25) is 4.79 Å². The summed E-state index contributed by atoms with van der Waals surface area (Å²) >= 11 is 5.76. The van der Waals surface area contributed by atoms with Gasteiger partial charge in [0, 0.05) is 17.8 Å². The highest BCUT2D eigenvalue weighted by molar-refractivity contribution is 6.30. The largest absolute Gasteiger partial charge is 0.418 e.